The van der Waals surface area contributed by atoms with Gasteiger partial charge >= 0.3 is 0 Å². The van der Waals surface area contributed by atoms with E-state index in [-0.39, 0.29) is 10.8 Å². The monoisotopic (exact) mass is 358 g/mol. The highest BCUT2D eigenvalue weighted by molar-refractivity contribution is 7.92. The summed E-state index contributed by atoms with van der Waals surface area (Å²) < 4.78 is 27.5. The fraction of sp³-hybridized carbons (Fsp3) is 0.316. The molecule has 1 saturated carbocycles. The quantitative estimate of drug-likeness (QED) is 0.830. The molecule has 0 aliphatic heterocycles. The summed E-state index contributed by atoms with van der Waals surface area (Å²) in [6.45, 7) is 4.12. The van der Waals surface area contributed by atoms with Gasteiger partial charge in [-0.15, -0.1) is 0 Å². The third kappa shape index (κ3) is 4.39. The third-order valence-corrected chi connectivity index (χ3v) is 5.57. The lowest BCUT2D eigenvalue weighted by molar-refractivity contribution is 0.0951. The van der Waals surface area contributed by atoms with Crippen LogP contribution in [0.4, 0.5) is 5.69 Å². The van der Waals surface area contributed by atoms with Gasteiger partial charge in [-0.1, -0.05) is 26.0 Å². The van der Waals surface area contributed by atoms with Gasteiger partial charge in [-0.3, -0.25) is 9.52 Å². The second-order valence-electron chi connectivity index (χ2n) is 6.65. The maximum absolute atomic E-state index is 12.5. The van der Waals surface area contributed by atoms with E-state index in [1.54, 1.807) is 36.4 Å². The maximum Gasteiger partial charge on any atom is 0.261 e. The fourth-order valence-corrected chi connectivity index (χ4v) is 3.49. The molecule has 1 aliphatic carbocycles. The topological polar surface area (TPSA) is 75.3 Å². The molecule has 2 aromatic carbocycles. The van der Waals surface area contributed by atoms with E-state index in [9.17, 15) is 13.2 Å². The van der Waals surface area contributed by atoms with Crippen molar-refractivity contribution in [3.05, 3.63) is 59.7 Å². The Balaban J connectivity index is 1.70. The Labute approximate surface area is 148 Å². The molecule has 1 amide bonds. The first kappa shape index (κ1) is 17.5. The van der Waals surface area contributed by atoms with Gasteiger partial charge in [0.2, 0.25) is 0 Å². The molecule has 2 aromatic rings. The zero-order chi connectivity index (χ0) is 18.0. The second kappa shape index (κ2) is 6.88. The molecular formula is C19H22N2O3S. The molecule has 3 rings (SSSR count). The number of carbonyl (C=O) groups excluding carboxylic acids is 1. The minimum absolute atomic E-state index is 0.124. The minimum Gasteiger partial charge on any atom is -0.349 e. The van der Waals surface area contributed by atoms with E-state index in [2.05, 4.69) is 23.9 Å². The van der Waals surface area contributed by atoms with E-state index in [1.807, 2.05) is 12.1 Å². The largest absolute Gasteiger partial charge is 0.349 e. The first-order valence-electron chi connectivity index (χ1n) is 8.39. The van der Waals surface area contributed by atoms with Crippen LogP contribution in [0.2, 0.25) is 0 Å². The Bertz CT molecular complexity index is 853. The Morgan fingerprint density at radius 1 is 1.00 bits per heavy atom. The number of rotatable bonds is 6. The molecule has 2 N–H and O–H groups in total. The highest BCUT2D eigenvalue weighted by atomic mass is 32.2. The minimum atomic E-state index is -3.65. The normalized spacial score (nSPS) is 14.4. The SMILES string of the molecule is CC(C)c1ccc(S(=O)(=O)Nc2ccc(C(=O)NC3CC3)cc2)cc1. The Morgan fingerprint density at radius 2 is 1.60 bits per heavy atom. The molecule has 0 unspecified atom stereocenters. The summed E-state index contributed by atoms with van der Waals surface area (Å²) in [4.78, 5) is 12.2. The van der Waals surface area contributed by atoms with Gasteiger partial charge in [-0.25, -0.2) is 8.42 Å². The number of carbonyl (C=O) groups is 1. The molecule has 0 heterocycles. The van der Waals surface area contributed by atoms with Gasteiger partial charge in [-0.05, 0) is 60.7 Å². The first-order valence-corrected chi connectivity index (χ1v) is 9.87. The van der Waals surface area contributed by atoms with Crippen molar-refractivity contribution in [2.45, 2.75) is 43.5 Å². The number of sulfonamides is 1. The smallest absolute Gasteiger partial charge is 0.261 e. The zero-order valence-corrected chi connectivity index (χ0v) is 15.1. The molecule has 6 heteroatoms. The molecule has 1 aliphatic rings. The molecule has 0 radical (unpaired) electrons. The molecule has 0 bridgehead atoms. The molecule has 0 spiro atoms. The highest BCUT2D eigenvalue weighted by Gasteiger charge is 2.23. The number of hydrogen-bond donors (Lipinski definition) is 2. The van der Waals surface area contributed by atoms with E-state index in [1.165, 1.54) is 0 Å². The average Bonchev–Trinajstić information content (AvgIpc) is 3.39. The number of anilines is 1. The van der Waals surface area contributed by atoms with Gasteiger partial charge in [0.1, 0.15) is 0 Å². The van der Waals surface area contributed by atoms with E-state index >= 15 is 0 Å². The molecule has 0 saturated heterocycles. The number of amides is 1. The fourth-order valence-electron chi connectivity index (χ4n) is 2.43. The second-order valence-corrected chi connectivity index (χ2v) is 8.34. The van der Waals surface area contributed by atoms with Crippen LogP contribution < -0.4 is 10.0 Å². The van der Waals surface area contributed by atoms with E-state index in [0.717, 1.165) is 18.4 Å². The summed E-state index contributed by atoms with van der Waals surface area (Å²) in [6, 6.07) is 13.6. The Morgan fingerprint density at radius 3 is 2.12 bits per heavy atom. The molecule has 1 fully saturated rings. The summed E-state index contributed by atoms with van der Waals surface area (Å²) in [6.07, 6.45) is 2.05. The molecule has 5 nitrogen and oxygen atoms in total. The lowest BCUT2D eigenvalue weighted by Gasteiger charge is -2.10. The Kier molecular flexibility index (Phi) is 4.81. The van der Waals surface area contributed by atoms with Crippen molar-refractivity contribution in [3.8, 4) is 0 Å². The van der Waals surface area contributed by atoms with Crippen molar-refractivity contribution in [2.75, 3.05) is 4.72 Å². The van der Waals surface area contributed by atoms with Gasteiger partial charge in [0, 0.05) is 17.3 Å². The van der Waals surface area contributed by atoms with Gasteiger partial charge in [0.25, 0.3) is 15.9 Å². The van der Waals surface area contributed by atoms with Gasteiger partial charge in [-0.2, -0.15) is 0 Å². The standard InChI is InChI=1S/C19H22N2O3S/c1-13(2)14-5-11-18(12-6-14)25(23,24)21-17-7-3-15(4-8-17)19(22)20-16-9-10-16/h3-8,11-13,16,21H,9-10H2,1-2H3,(H,20,22). The van der Waals surface area contributed by atoms with Gasteiger partial charge < -0.3 is 5.32 Å². The summed E-state index contributed by atoms with van der Waals surface area (Å²) in [7, 11) is -3.65. The van der Waals surface area contributed by atoms with Crippen molar-refractivity contribution < 1.29 is 13.2 Å². The molecule has 25 heavy (non-hydrogen) atoms. The number of hydrogen-bond acceptors (Lipinski definition) is 3. The third-order valence-electron chi connectivity index (χ3n) is 4.17. The van der Waals surface area contributed by atoms with E-state index in [0.29, 0.717) is 23.2 Å². The Hall–Kier alpha value is -2.34. The van der Waals surface area contributed by atoms with Crippen LogP contribution in [0.5, 0.6) is 0 Å². The number of benzene rings is 2. The maximum atomic E-state index is 12.5. The van der Waals surface area contributed by atoms with Crippen LogP contribution in [-0.2, 0) is 10.0 Å². The number of nitrogens with one attached hydrogen (secondary N) is 2. The average molecular weight is 358 g/mol. The van der Waals surface area contributed by atoms with Crippen LogP contribution in [0.25, 0.3) is 0 Å². The van der Waals surface area contributed by atoms with Crippen molar-refractivity contribution in [3.63, 3.8) is 0 Å². The van der Waals surface area contributed by atoms with E-state index < -0.39 is 10.0 Å². The molecule has 132 valence electrons. The van der Waals surface area contributed by atoms with Crippen LogP contribution in [0.3, 0.4) is 0 Å². The summed E-state index contributed by atoms with van der Waals surface area (Å²) >= 11 is 0. The van der Waals surface area contributed by atoms with Crippen molar-refractivity contribution in [1.82, 2.24) is 5.32 Å². The summed E-state index contributed by atoms with van der Waals surface area (Å²) in [5.41, 5.74) is 2.04. The van der Waals surface area contributed by atoms with Crippen LogP contribution in [0, 0.1) is 0 Å². The van der Waals surface area contributed by atoms with E-state index in [4.69, 9.17) is 0 Å². The predicted octanol–water partition coefficient (Wildman–Crippen LogP) is 3.50. The lowest BCUT2D eigenvalue weighted by Crippen LogP contribution is -2.25. The molecule has 0 aromatic heterocycles. The van der Waals surface area contributed by atoms with Crippen molar-refractivity contribution in [1.29, 1.82) is 0 Å². The van der Waals surface area contributed by atoms with Crippen LogP contribution in [-0.4, -0.2) is 20.4 Å². The summed E-state index contributed by atoms with van der Waals surface area (Å²) in [5, 5.41) is 2.90. The first-order chi connectivity index (χ1) is 11.8. The van der Waals surface area contributed by atoms with Crippen molar-refractivity contribution in [2.24, 2.45) is 0 Å². The van der Waals surface area contributed by atoms with Crippen molar-refractivity contribution >= 4 is 21.6 Å². The molecular weight excluding hydrogens is 336 g/mol. The predicted molar refractivity (Wildman–Crippen MR) is 98.3 cm³/mol. The highest BCUT2D eigenvalue weighted by Crippen LogP contribution is 2.21. The van der Waals surface area contributed by atoms with Gasteiger partial charge in [0.15, 0.2) is 0 Å². The van der Waals surface area contributed by atoms with Gasteiger partial charge in [0.05, 0.1) is 4.90 Å². The van der Waals surface area contributed by atoms with Crippen LogP contribution >= 0.6 is 0 Å². The zero-order valence-electron chi connectivity index (χ0n) is 14.3. The van der Waals surface area contributed by atoms with Crippen LogP contribution in [0.1, 0.15) is 48.5 Å². The van der Waals surface area contributed by atoms with Crippen LogP contribution in [0.15, 0.2) is 53.4 Å². The molecule has 0 atom stereocenters. The lowest BCUT2D eigenvalue weighted by atomic mass is 10.0. The summed E-state index contributed by atoms with van der Waals surface area (Å²) in [5.74, 6) is 0.222.